The van der Waals surface area contributed by atoms with Gasteiger partial charge in [-0.3, -0.25) is 0 Å². The maximum Gasteiger partial charge on any atom is 0.146 e. The Kier molecular flexibility index (Phi) is 4.50. The predicted octanol–water partition coefficient (Wildman–Crippen LogP) is 2.81. The Labute approximate surface area is 86.8 Å². The van der Waals surface area contributed by atoms with Crippen LogP contribution >= 0.6 is 23.2 Å². The average Bonchev–Trinajstić information content (AvgIpc) is 2.13. The number of alkyl halides is 1. The second-order valence-corrected chi connectivity index (χ2v) is 3.36. The lowest BCUT2D eigenvalue weighted by Crippen LogP contribution is -2.16. The normalized spacial score (nSPS) is 10.4. The van der Waals surface area contributed by atoms with Crippen molar-refractivity contribution in [1.82, 2.24) is 5.32 Å². The highest BCUT2D eigenvalue weighted by Gasteiger charge is 2.04. The monoisotopic (exact) mass is 221 g/mol. The zero-order valence-electron chi connectivity index (χ0n) is 6.99. The molecule has 0 unspecified atom stereocenters. The molecule has 0 amide bonds. The second-order valence-electron chi connectivity index (χ2n) is 2.58. The zero-order valence-corrected chi connectivity index (χ0v) is 8.50. The van der Waals surface area contributed by atoms with Crippen LogP contribution in [0.1, 0.15) is 5.56 Å². The van der Waals surface area contributed by atoms with Crippen LogP contribution in [0.25, 0.3) is 0 Å². The van der Waals surface area contributed by atoms with Gasteiger partial charge in [0.25, 0.3) is 0 Å². The summed E-state index contributed by atoms with van der Waals surface area (Å²) in [5.74, 6) is 0.161. The van der Waals surface area contributed by atoms with Gasteiger partial charge in [-0.05, 0) is 6.07 Å². The molecule has 1 rings (SSSR count). The van der Waals surface area contributed by atoms with Gasteiger partial charge in [0.15, 0.2) is 0 Å². The van der Waals surface area contributed by atoms with Crippen molar-refractivity contribution in [3.05, 3.63) is 34.6 Å². The summed E-state index contributed by atoms with van der Waals surface area (Å²) in [4.78, 5) is 0. The smallest absolute Gasteiger partial charge is 0.146 e. The first kappa shape index (κ1) is 10.8. The molecular formula is C9H10Cl2FN. The number of hydrogen-bond acceptors (Lipinski definition) is 1. The van der Waals surface area contributed by atoms with Gasteiger partial charge in [0.05, 0.1) is 5.02 Å². The molecule has 0 aliphatic carbocycles. The van der Waals surface area contributed by atoms with Gasteiger partial charge in [0.1, 0.15) is 5.82 Å². The Balaban J connectivity index is 2.61. The summed E-state index contributed by atoms with van der Waals surface area (Å²) < 4.78 is 13.2. The summed E-state index contributed by atoms with van der Waals surface area (Å²) >= 11 is 11.1. The van der Waals surface area contributed by atoms with Crippen LogP contribution in [0, 0.1) is 5.82 Å². The molecule has 0 fully saturated rings. The van der Waals surface area contributed by atoms with Crippen LogP contribution in [0.2, 0.25) is 5.02 Å². The third kappa shape index (κ3) is 3.14. The summed E-state index contributed by atoms with van der Waals surface area (Å²) in [5, 5.41) is 3.15. The SMILES string of the molecule is Fc1c(Cl)cccc1CNCCCl. The van der Waals surface area contributed by atoms with E-state index in [0.29, 0.717) is 24.5 Å². The minimum atomic E-state index is -0.355. The number of rotatable bonds is 4. The summed E-state index contributed by atoms with van der Waals surface area (Å²) in [6.07, 6.45) is 0. The van der Waals surface area contributed by atoms with E-state index in [2.05, 4.69) is 5.32 Å². The Morgan fingerprint density at radius 1 is 1.38 bits per heavy atom. The van der Waals surface area contributed by atoms with Crippen molar-refractivity contribution in [1.29, 1.82) is 0 Å². The largest absolute Gasteiger partial charge is 0.311 e. The number of hydrogen-bond donors (Lipinski definition) is 1. The fourth-order valence-corrected chi connectivity index (χ4v) is 1.30. The van der Waals surface area contributed by atoms with Gasteiger partial charge >= 0.3 is 0 Å². The Bertz CT molecular complexity index is 278. The van der Waals surface area contributed by atoms with Crippen molar-refractivity contribution in [3.63, 3.8) is 0 Å². The Morgan fingerprint density at radius 2 is 2.15 bits per heavy atom. The molecule has 0 aromatic heterocycles. The molecule has 0 saturated carbocycles. The molecular weight excluding hydrogens is 212 g/mol. The van der Waals surface area contributed by atoms with Gasteiger partial charge in [0.2, 0.25) is 0 Å². The van der Waals surface area contributed by atoms with E-state index in [1.54, 1.807) is 12.1 Å². The van der Waals surface area contributed by atoms with E-state index in [1.165, 1.54) is 6.07 Å². The van der Waals surface area contributed by atoms with Crippen molar-refractivity contribution in [3.8, 4) is 0 Å². The molecule has 0 spiro atoms. The highest BCUT2D eigenvalue weighted by atomic mass is 35.5. The van der Waals surface area contributed by atoms with E-state index >= 15 is 0 Å². The molecule has 13 heavy (non-hydrogen) atoms. The number of halogens is 3. The molecule has 0 bridgehead atoms. The topological polar surface area (TPSA) is 12.0 Å². The van der Waals surface area contributed by atoms with E-state index in [1.807, 2.05) is 0 Å². The van der Waals surface area contributed by atoms with Crippen LogP contribution in [0.5, 0.6) is 0 Å². The standard InChI is InChI=1S/C9H10Cl2FN/c10-4-5-13-6-7-2-1-3-8(11)9(7)12/h1-3,13H,4-6H2. The lowest BCUT2D eigenvalue weighted by Gasteiger charge is -2.04. The number of benzene rings is 1. The lowest BCUT2D eigenvalue weighted by atomic mass is 10.2. The molecule has 0 aliphatic rings. The lowest BCUT2D eigenvalue weighted by molar-refractivity contribution is 0.594. The summed E-state index contributed by atoms with van der Waals surface area (Å²) in [7, 11) is 0. The van der Waals surface area contributed by atoms with E-state index in [4.69, 9.17) is 23.2 Å². The fourth-order valence-electron chi connectivity index (χ4n) is 0.975. The van der Waals surface area contributed by atoms with Crippen molar-refractivity contribution in [2.75, 3.05) is 12.4 Å². The first-order chi connectivity index (χ1) is 6.25. The van der Waals surface area contributed by atoms with Gasteiger partial charge in [-0.15, -0.1) is 11.6 Å². The first-order valence-corrected chi connectivity index (χ1v) is 4.86. The average molecular weight is 222 g/mol. The van der Waals surface area contributed by atoms with Gasteiger partial charge in [-0.2, -0.15) is 0 Å². The van der Waals surface area contributed by atoms with E-state index < -0.39 is 0 Å². The molecule has 4 heteroatoms. The Hall–Kier alpha value is -0.310. The highest BCUT2D eigenvalue weighted by Crippen LogP contribution is 2.17. The van der Waals surface area contributed by atoms with Crippen molar-refractivity contribution in [2.45, 2.75) is 6.54 Å². The molecule has 0 aliphatic heterocycles. The molecule has 1 nitrogen and oxygen atoms in total. The summed E-state index contributed by atoms with van der Waals surface area (Å²) in [6, 6.07) is 4.95. The molecule has 1 aromatic rings. The van der Waals surface area contributed by atoms with Gasteiger partial charge in [0, 0.05) is 24.5 Å². The van der Waals surface area contributed by atoms with Crippen molar-refractivity contribution >= 4 is 23.2 Å². The molecule has 1 aromatic carbocycles. The van der Waals surface area contributed by atoms with Crippen molar-refractivity contribution in [2.24, 2.45) is 0 Å². The molecule has 0 heterocycles. The van der Waals surface area contributed by atoms with Crippen LogP contribution in [0.4, 0.5) is 4.39 Å². The minimum absolute atomic E-state index is 0.158. The molecule has 1 N–H and O–H groups in total. The minimum Gasteiger partial charge on any atom is -0.311 e. The Morgan fingerprint density at radius 3 is 2.85 bits per heavy atom. The number of nitrogens with one attached hydrogen (secondary N) is 1. The van der Waals surface area contributed by atoms with E-state index in [0.717, 1.165) is 0 Å². The van der Waals surface area contributed by atoms with Crippen LogP contribution in [-0.4, -0.2) is 12.4 Å². The zero-order chi connectivity index (χ0) is 9.68. The third-order valence-electron chi connectivity index (χ3n) is 1.62. The maximum atomic E-state index is 13.2. The van der Waals surface area contributed by atoms with Gasteiger partial charge in [-0.1, -0.05) is 23.7 Å². The summed E-state index contributed by atoms with van der Waals surface area (Å²) in [5.41, 5.74) is 0.567. The fraction of sp³-hybridized carbons (Fsp3) is 0.333. The highest BCUT2D eigenvalue weighted by molar-refractivity contribution is 6.30. The van der Waals surface area contributed by atoms with Crippen LogP contribution in [0.3, 0.4) is 0 Å². The van der Waals surface area contributed by atoms with Gasteiger partial charge in [-0.25, -0.2) is 4.39 Å². The molecule has 0 radical (unpaired) electrons. The van der Waals surface area contributed by atoms with Crippen LogP contribution < -0.4 is 5.32 Å². The molecule has 0 saturated heterocycles. The van der Waals surface area contributed by atoms with Gasteiger partial charge < -0.3 is 5.32 Å². The summed E-state index contributed by atoms with van der Waals surface area (Å²) in [6.45, 7) is 1.12. The molecule has 0 atom stereocenters. The van der Waals surface area contributed by atoms with Crippen LogP contribution in [-0.2, 0) is 6.54 Å². The van der Waals surface area contributed by atoms with E-state index in [9.17, 15) is 4.39 Å². The predicted molar refractivity (Wildman–Crippen MR) is 53.8 cm³/mol. The van der Waals surface area contributed by atoms with Crippen molar-refractivity contribution < 1.29 is 4.39 Å². The first-order valence-electron chi connectivity index (χ1n) is 3.95. The quantitative estimate of drug-likeness (QED) is 0.610. The van der Waals surface area contributed by atoms with Crippen LogP contribution in [0.15, 0.2) is 18.2 Å². The third-order valence-corrected chi connectivity index (χ3v) is 2.10. The molecule has 72 valence electrons. The maximum absolute atomic E-state index is 13.2. The van der Waals surface area contributed by atoms with E-state index in [-0.39, 0.29) is 10.8 Å². The second kappa shape index (κ2) is 5.43.